The van der Waals surface area contributed by atoms with Gasteiger partial charge in [0, 0.05) is 18.5 Å². The third-order valence-electron chi connectivity index (χ3n) is 3.55. The van der Waals surface area contributed by atoms with Crippen molar-refractivity contribution in [1.82, 2.24) is 20.4 Å². The number of hydrogen-bond acceptors (Lipinski definition) is 5. The highest BCUT2D eigenvalue weighted by Gasteiger charge is 2.11. The van der Waals surface area contributed by atoms with Crippen LogP contribution in [0.15, 0.2) is 34.9 Å². The molecular formula is C17H24N4O2. The number of nitrogens with one attached hydrogen (secondary N) is 1. The molecular weight excluding hydrogens is 292 g/mol. The van der Waals surface area contributed by atoms with Crippen LogP contribution < -0.4 is 5.32 Å². The van der Waals surface area contributed by atoms with Crippen molar-refractivity contribution < 1.29 is 9.32 Å². The first-order chi connectivity index (χ1) is 11.2. The van der Waals surface area contributed by atoms with E-state index in [9.17, 15) is 4.79 Å². The van der Waals surface area contributed by atoms with E-state index in [1.54, 1.807) is 0 Å². The van der Waals surface area contributed by atoms with Crippen LogP contribution in [0, 0.1) is 0 Å². The molecule has 0 radical (unpaired) electrons. The van der Waals surface area contributed by atoms with Crippen molar-refractivity contribution in [1.29, 1.82) is 0 Å². The summed E-state index contributed by atoms with van der Waals surface area (Å²) in [4.78, 5) is 18.1. The fourth-order valence-electron chi connectivity index (χ4n) is 2.32. The van der Waals surface area contributed by atoms with Gasteiger partial charge in [-0.2, -0.15) is 4.98 Å². The maximum atomic E-state index is 11.6. The molecule has 1 N–H and O–H groups in total. The summed E-state index contributed by atoms with van der Waals surface area (Å²) in [6, 6.07) is 9.77. The van der Waals surface area contributed by atoms with Gasteiger partial charge >= 0.3 is 0 Å². The molecule has 1 amide bonds. The van der Waals surface area contributed by atoms with Gasteiger partial charge in [-0.1, -0.05) is 42.4 Å². The molecule has 0 spiro atoms. The van der Waals surface area contributed by atoms with Crippen LogP contribution in [0.4, 0.5) is 0 Å². The molecule has 2 aromatic rings. The highest BCUT2D eigenvalue weighted by atomic mass is 16.5. The minimum Gasteiger partial charge on any atom is -0.355 e. The van der Waals surface area contributed by atoms with Gasteiger partial charge in [0.05, 0.1) is 6.54 Å². The molecule has 0 saturated carbocycles. The van der Waals surface area contributed by atoms with Gasteiger partial charge in [-0.15, -0.1) is 0 Å². The number of nitrogens with zero attached hydrogens (tertiary/aromatic N) is 3. The normalized spacial score (nSPS) is 10.9. The number of hydrogen-bond donors (Lipinski definition) is 1. The van der Waals surface area contributed by atoms with Gasteiger partial charge in [-0.05, 0) is 26.4 Å². The minimum atomic E-state index is 0.0681. The van der Waals surface area contributed by atoms with E-state index >= 15 is 0 Å². The van der Waals surface area contributed by atoms with Crippen LogP contribution in [0.5, 0.6) is 0 Å². The lowest BCUT2D eigenvalue weighted by Gasteiger charge is -2.18. The summed E-state index contributed by atoms with van der Waals surface area (Å²) in [5, 5.41) is 6.83. The lowest BCUT2D eigenvalue weighted by atomic mass is 10.2. The van der Waals surface area contributed by atoms with Crippen molar-refractivity contribution in [2.75, 3.05) is 26.2 Å². The number of amides is 1. The zero-order chi connectivity index (χ0) is 16.5. The zero-order valence-electron chi connectivity index (χ0n) is 13.8. The smallest absolute Gasteiger partial charge is 0.234 e. The van der Waals surface area contributed by atoms with Crippen LogP contribution >= 0.6 is 0 Å². The van der Waals surface area contributed by atoms with E-state index in [2.05, 4.69) is 27.3 Å². The first kappa shape index (κ1) is 17.1. The molecule has 0 aliphatic carbocycles. The Balaban J connectivity index is 1.80. The standard InChI is InChI=1S/C17H24N4O2/c1-3-18-15(22)13-21(4-2)12-8-11-16-19-17(20-23-16)14-9-6-5-7-10-14/h5-7,9-10H,3-4,8,11-13H2,1-2H3,(H,18,22). The minimum absolute atomic E-state index is 0.0681. The number of aromatic nitrogens is 2. The highest BCUT2D eigenvalue weighted by Crippen LogP contribution is 2.15. The first-order valence-electron chi connectivity index (χ1n) is 8.10. The molecule has 6 heteroatoms. The van der Waals surface area contributed by atoms with Gasteiger partial charge in [0.25, 0.3) is 0 Å². The van der Waals surface area contributed by atoms with E-state index in [1.165, 1.54) is 0 Å². The van der Waals surface area contributed by atoms with E-state index in [0.717, 1.165) is 25.1 Å². The second-order valence-corrected chi connectivity index (χ2v) is 5.30. The van der Waals surface area contributed by atoms with E-state index < -0.39 is 0 Å². The summed E-state index contributed by atoms with van der Waals surface area (Å²) in [7, 11) is 0. The first-order valence-corrected chi connectivity index (χ1v) is 8.10. The quantitative estimate of drug-likeness (QED) is 0.767. The third-order valence-corrected chi connectivity index (χ3v) is 3.55. The van der Waals surface area contributed by atoms with Gasteiger partial charge in [-0.3, -0.25) is 9.69 Å². The summed E-state index contributed by atoms with van der Waals surface area (Å²) in [5.74, 6) is 1.33. The fraction of sp³-hybridized carbons (Fsp3) is 0.471. The molecule has 0 fully saturated rings. The Labute approximate surface area is 136 Å². The largest absolute Gasteiger partial charge is 0.355 e. The summed E-state index contributed by atoms with van der Waals surface area (Å²) < 4.78 is 5.30. The predicted octanol–water partition coefficient (Wildman–Crippen LogP) is 2.13. The van der Waals surface area contributed by atoms with Crippen molar-refractivity contribution in [3.8, 4) is 11.4 Å². The second kappa shape index (κ2) is 9.05. The van der Waals surface area contributed by atoms with Crippen molar-refractivity contribution in [3.63, 3.8) is 0 Å². The summed E-state index contributed by atoms with van der Waals surface area (Å²) in [6.45, 7) is 6.75. The van der Waals surface area contributed by atoms with Crippen LogP contribution in [0.2, 0.25) is 0 Å². The Kier molecular flexibility index (Phi) is 6.75. The van der Waals surface area contributed by atoms with Gasteiger partial charge in [-0.25, -0.2) is 0 Å². The maximum Gasteiger partial charge on any atom is 0.234 e. The number of rotatable bonds is 9. The van der Waals surface area contributed by atoms with Crippen LogP contribution in [0.3, 0.4) is 0 Å². The highest BCUT2D eigenvalue weighted by molar-refractivity contribution is 5.77. The van der Waals surface area contributed by atoms with Gasteiger partial charge in [0.2, 0.25) is 17.6 Å². The molecule has 0 saturated heterocycles. The van der Waals surface area contributed by atoms with Crippen LogP contribution in [-0.2, 0) is 11.2 Å². The Morgan fingerprint density at radius 1 is 1.26 bits per heavy atom. The third kappa shape index (κ3) is 5.49. The number of likely N-dealkylation sites (N-methyl/N-ethyl adjacent to an activating group) is 2. The van der Waals surface area contributed by atoms with E-state index in [4.69, 9.17) is 4.52 Å². The number of aryl methyl sites for hydroxylation is 1. The Hall–Kier alpha value is -2.21. The maximum absolute atomic E-state index is 11.6. The molecule has 1 heterocycles. The molecule has 6 nitrogen and oxygen atoms in total. The average molecular weight is 316 g/mol. The van der Waals surface area contributed by atoms with E-state index in [0.29, 0.717) is 31.2 Å². The molecule has 0 atom stereocenters. The second-order valence-electron chi connectivity index (χ2n) is 5.30. The molecule has 0 aliphatic heterocycles. The summed E-state index contributed by atoms with van der Waals surface area (Å²) in [5.41, 5.74) is 0.953. The molecule has 1 aromatic carbocycles. The lowest BCUT2D eigenvalue weighted by Crippen LogP contribution is -2.37. The molecule has 1 aromatic heterocycles. The van der Waals surface area contributed by atoms with E-state index in [1.807, 2.05) is 37.3 Å². The van der Waals surface area contributed by atoms with Crippen LogP contribution in [0.1, 0.15) is 26.2 Å². The predicted molar refractivity (Wildman–Crippen MR) is 88.9 cm³/mol. The van der Waals surface area contributed by atoms with Crippen LogP contribution in [-0.4, -0.2) is 47.1 Å². The molecule has 0 aliphatic rings. The molecule has 124 valence electrons. The van der Waals surface area contributed by atoms with Gasteiger partial charge < -0.3 is 9.84 Å². The lowest BCUT2D eigenvalue weighted by molar-refractivity contribution is -0.122. The number of benzene rings is 1. The van der Waals surface area contributed by atoms with Crippen LogP contribution in [0.25, 0.3) is 11.4 Å². The zero-order valence-corrected chi connectivity index (χ0v) is 13.8. The fourth-order valence-corrected chi connectivity index (χ4v) is 2.32. The van der Waals surface area contributed by atoms with Crippen molar-refractivity contribution in [3.05, 3.63) is 36.2 Å². The summed E-state index contributed by atoms with van der Waals surface area (Å²) >= 11 is 0. The van der Waals surface area contributed by atoms with Crippen molar-refractivity contribution in [2.45, 2.75) is 26.7 Å². The monoisotopic (exact) mass is 316 g/mol. The average Bonchev–Trinajstić information content (AvgIpc) is 3.04. The van der Waals surface area contributed by atoms with Gasteiger partial charge in [0.15, 0.2) is 0 Å². The number of carbonyl (C=O) groups is 1. The molecule has 23 heavy (non-hydrogen) atoms. The Bertz CT molecular complexity index is 598. The van der Waals surface area contributed by atoms with Crippen molar-refractivity contribution in [2.24, 2.45) is 0 Å². The SMILES string of the molecule is CCNC(=O)CN(CC)CCCc1nc(-c2ccccc2)no1. The Morgan fingerprint density at radius 3 is 2.74 bits per heavy atom. The molecule has 2 rings (SSSR count). The number of carbonyl (C=O) groups excluding carboxylic acids is 1. The topological polar surface area (TPSA) is 71.3 Å². The van der Waals surface area contributed by atoms with Gasteiger partial charge in [0.1, 0.15) is 0 Å². The molecule has 0 unspecified atom stereocenters. The van der Waals surface area contributed by atoms with Crippen molar-refractivity contribution >= 4 is 5.91 Å². The Morgan fingerprint density at radius 2 is 2.04 bits per heavy atom. The molecule has 0 bridgehead atoms. The van der Waals surface area contributed by atoms with E-state index in [-0.39, 0.29) is 5.91 Å². The summed E-state index contributed by atoms with van der Waals surface area (Å²) in [6.07, 6.45) is 1.59.